The Balaban J connectivity index is 1.11. The van der Waals surface area contributed by atoms with Crippen LogP contribution in [0.4, 0.5) is 0 Å². The molecule has 0 bridgehead atoms. The van der Waals surface area contributed by atoms with E-state index in [1.54, 1.807) is 0 Å². The molecule has 0 aliphatic heterocycles. The molecule has 0 atom stereocenters. The van der Waals surface area contributed by atoms with Gasteiger partial charge in [0.05, 0.1) is 16.7 Å². The first kappa shape index (κ1) is 32.0. The zero-order valence-corrected chi connectivity index (χ0v) is 31.4. The van der Waals surface area contributed by atoms with Crippen LogP contribution in [0.25, 0.3) is 127 Å². The molecular weight excluding hydrogens is 725 g/mol. The first-order valence-electron chi connectivity index (χ1n) is 19.8. The van der Waals surface area contributed by atoms with Crippen LogP contribution in [0.5, 0.6) is 0 Å². The molecule has 4 aromatic heterocycles. The van der Waals surface area contributed by atoms with Crippen molar-refractivity contribution in [2.75, 3.05) is 0 Å². The number of hydrogen-bond donors (Lipinski definition) is 0. The molecule has 0 saturated heterocycles. The summed E-state index contributed by atoms with van der Waals surface area (Å²) in [6.45, 7) is 0. The van der Waals surface area contributed by atoms with Gasteiger partial charge in [-0.25, -0.2) is 15.0 Å². The largest absolute Gasteiger partial charge is 0.456 e. The predicted octanol–water partition coefficient (Wildman–Crippen LogP) is 14.1. The Morgan fingerprint density at radius 1 is 0.356 bits per heavy atom. The maximum absolute atomic E-state index is 6.85. The lowest BCUT2D eigenvalue weighted by molar-refractivity contribution is 0.669. The Bertz CT molecular complexity index is 3860. The van der Waals surface area contributed by atoms with Gasteiger partial charge in [0, 0.05) is 65.8 Å². The molecule has 9 aromatic carbocycles. The number of hydrogen-bond acceptors (Lipinski definition) is 5. The molecule has 4 heterocycles. The molecule has 59 heavy (non-hydrogen) atoms. The Morgan fingerprint density at radius 3 is 1.93 bits per heavy atom. The van der Waals surface area contributed by atoms with Crippen LogP contribution in [0.2, 0.25) is 0 Å². The van der Waals surface area contributed by atoms with E-state index in [1.807, 2.05) is 54.6 Å². The summed E-state index contributed by atoms with van der Waals surface area (Å²) in [5.74, 6) is 1.80. The number of furan rings is 2. The van der Waals surface area contributed by atoms with Gasteiger partial charge in [-0.2, -0.15) is 0 Å². The van der Waals surface area contributed by atoms with E-state index in [2.05, 4.69) is 132 Å². The van der Waals surface area contributed by atoms with Crippen LogP contribution in [0.1, 0.15) is 0 Å². The average Bonchev–Trinajstić information content (AvgIpc) is 3.97. The van der Waals surface area contributed by atoms with Gasteiger partial charge in [-0.05, 0) is 47.2 Å². The SMILES string of the molecule is c1ccc(-c2nc(-c3ccc4ccccc4c3)nc(-c3cccc4oc5c6ccccc6c(-n6c7ccccc7c7cc8c(cc76)oc6ccccc68)cc5c34)n2)cc1. The van der Waals surface area contributed by atoms with Gasteiger partial charge in [0.25, 0.3) is 0 Å². The lowest BCUT2D eigenvalue weighted by atomic mass is 10.0. The van der Waals surface area contributed by atoms with Crippen molar-refractivity contribution < 1.29 is 8.83 Å². The summed E-state index contributed by atoms with van der Waals surface area (Å²) in [6, 6.07) is 63.2. The molecule has 13 aromatic rings. The molecule has 0 aliphatic rings. The number of rotatable bonds is 4. The first-order chi connectivity index (χ1) is 29.2. The minimum absolute atomic E-state index is 0.578. The zero-order valence-electron chi connectivity index (χ0n) is 31.4. The fraction of sp³-hybridized carbons (Fsp3) is 0. The predicted molar refractivity (Wildman–Crippen MR) is 240 cm³/mol. The molecule has 274 valence electrons. The standard InChI is InChI=1S/C53H30N4O2/c1-2-14-32(15-3-1)51-54-52(34-26-25-31-13-4-5-16-33(31)27-34)56-53(55-51)39-21-12-24-47-49(39)42-29-44(35-17-6-7-20-38(35)50(42)59-47)57-43-22-10-8-18-36(43)40-28-41-37-19-9-11-23-46(37)58-48(41)30-45(40)57/h1-30H. The van der Waals surface area contributed by atoms with E-state index in [0.29, 0.717) is 17.5 Å². The Kier molecular flexibility index (Phi) is 6.63. The van der Waals surface area contributed by atoms with Crippen LogP contribution in [-0.2, 0) is 0 Å². The summed E-state index contributed by atoms with van der Waals surface area (Å²) in [5.41, 5.74) is 9.26. The van der Waals surface area contributed by atoms with E-state index < -0.39 is 0 Å². The van der Waals surface area contributed by atoms with E-state index >= 15 is 0 Å². The zero-order chi connectivity index (χ0) is 38.6. The molecule has 0 spiro atoms. The van der Waals surface area contributed by atoms with Gasteiger partial charge in [0.2, 0.25) is 0 Å². The molecule has 0 fully saturated rings. The van der Waals surface area contributed by atoms with Gasteiger partial charge in [-0.3, -0.25) is 0 Å². The molecule has 0 N–H and O–H groups in total. The molecule has 0 unspecified atom stereocenters. The summed E-state index contributed by atoms with van der Waals surface area (Å²) < 4.78 is 15.7. The fourth-order valence-electron chi connectivity index (χ4n) is 9.12. The van der Waals surface area contributed by atoms with E-state index in [0.717, 1.165) is 98.8 Å². The van der Waals surface area contributed by atoms with Crippen molar-refractivity contribution in [2.45, 2.75) is 0 Å². The number of benzene rings is 9. The lowest BCUT2D eigenvalue weighted by Gasteiger charge is -2.13. The smallest absolute Gasteiger partial charge is 0.164 e. The normalized spacial score (nSPS) is 12.1. The highest BCUT2D eigenvalue weighted by molar-refractivity contribution is 6.23. The van der Waals surface area contributed by atoms with Crippen LogP contribution in [0.3, 0.4) is 0 Å². The van der Waals surface area contributed by atoms with Gasteiger partial charge in [0.15, 0.2) is 17.5 Å². The van der Waals surface area contributed by atoms with Crippen LogP contribution >= 0.6 is 0 Å². The maximum Gasteiger partial charge on any atom is 0.164 e. The fourth-order valence-corrected chi connectivity index (χ4v) is 9.12. The summed E-state index contributed by atoms with van der Waals surface area (Å²) in [5, 5.41) is 10.9. The minimum Gasteiger partial charge on any atom is -0.456 e. The van der Waals surface area contributed by atoms with E-state index in [9.17, 15) is 0 Å². The molecular formula is C53H30N4O2. The second-order valence-corrected chi connectivity index (χ2v) is 15.1. The third kappa shape index (κ3) is 4.77. The topological polar surface area (TPSA) is 69.9 Å². The van der Waals surface area contributed by atoms with Gasteiger partial charge in [-0.1, -0.05) is 140 Å². The highest BCUT2D eigenvalue weighted by Crippen LogP contribution is 2.44. The third-order valence-corrected chi connectivity index (χ3v) is 11.8. The molecule has 0 amide bonds. The summed E-state index contributed by atoms with van der Waals surface area (Å²) in [6.07, 6.45) is 0. The second-order valence-electron chi connectivity index (χ2n) is 15.1. The van der Waals surface area contributed by atoms with Gasteiger partial charge < -0.3 is 13.4 Å². The number of fused-ring (bicyclic) bond motifs is 12. The van der Waals surface area contributed by atoms with Crippen molar-refractivity contribution in [3.05, 3.63) is 182 Å². The molecule has 0 aliphatic carbocycles. The molecule has 0 saturated carbocycles. The van der Waals surface area contributed by atoms with Crippen molar-refractivity contribution in [3.63, 3.8) is 0 Å². The molecule has 6 nitrogen and oxygen atoms in total. The number of nitrogens with zero attached hydrogens (tertiary/aromatic N) is 4. The first-order valence-corrected chi connectivity index (χ1v) is 19.8. The Morgan fingerprint density at radius 2 is 1.05 bits per heavy atom. The van der Waals surface area contributed by atoms with Gasteiger partial charge in [-0.15, -0.1) is 0 Å². The van der Waals surface area contributed by atoms with E-state index in [-0.39, 0.29) is 0 Å². The monoisotopic (exact) mass is 754 g/mol. The summed E-state index contributed by atoms with van der Waals surface area (Å²) in [7, 11) is 0. The third-order valence-electron chi connectivity index (χ3n) is 11.8. The highest BCUT2D eigenvalue weighted by Gasteiger charge is 2.23. The van der Waals surface area contributed by atoms with Crippen molar-refractivity contribution >= 4 is 87.2 Å². The molecule has 0 radical (unpaired) electrons. The highest BCUT2D eigenvalue weighted by atomic mass is 16.3. The number of aromatic nitrogens is 4. The number of para-hydroxylation sites is 2. The Hall–Kier alpha value is -8.09. The van der Waals surface area contributed by atoms with Crippen LogP contribution < -0.4 is 0 Å². The second kappa shape index (κ2) is 12.2. The van der Waals surface area contributed by atoms with Crippen molar-refractivity contribution in [1.29, 1.82) is 0 Å². The summed E-state index contributed by atoms with van der Waals surface area (Å²) >= 11 is 0. The summed E-state index contributed by atoms with van der Waals surface area (Å²) in [4.78, 5) is 15.5. The van der Waals surface area contributed by atoms with E-state index in [1.165, 1.54) is 10.8 Å². The maximum atomic E-state index is 6.85. The molecule has 6 heteroatoms. The minimum atomic E-state index is 0.578. The lowest BCUT2D eigenvalue weighted by Crippen LogP contribution is -2.00. The van der Waals surface area contributed by atoms with Crippen LogP contribution in [0.15, 0.2) is 191 Å². The van der Waals surface area contributed by atoms with Crippen LogP contribution in [-0.4, -0.2) is 19.5 Å². The van der Waals surface area contributed by atoms with Crippen molar-refractivity contribution in [3.8, 4) is 39.9 Å². The average molecular weight is 755 g/mol. The van der Waals surface area contributed by atoms with Crippen molar-refractivity contribution in [2.24, 2.45) is 0 Å². The molecule has 13 rings (SSSR count). The Labute approximate surface area is 336 Å². The van der Waals surface area contributed by atoms with Gasteiger partial charge in [0.1, 0.15) is 22.3 Å². The van der Waals surface area contributed by atoms with Crippen molar-refractivity contribution in [1.82, 2.24) is 19.5 Å². The van der Waals surface area contributed by atoms with Gasteiger partial charge >= 0.3 is 0 Å². The van der Waals surface area contributed by atoms with E-state index in [4.69, 9.17) is 23.8 Å². The quantitative estimate of drug-likeness (QED) is 0.179. The van der Waals surface area contributed by atoms with Crippen LogP contribution in [0, 0.1) is 0 Å².